The Balaban J connectivity index is 1.41. The zero-order valence-corrected chi connectivity index (χ0v) is 14.7. The fourth-order valence-electron chi connectivity index (χ4n) is 3.21. The number of amides is 2. The molecule has 0 bridgehead atoms. The molecule has 4 rings (SSSR count). The van der Waals surface area contributed by atoms with Crippen LogP contribution in [-0.4, -0.2) is 6.03 Å². The largest absolute Gasteiger partial charge is 0.459 e. The molecule has 0 aliphatic carbocycles. The molecular weight excluding hydrogens is 328 g/mol. The minimum atomic E-state index is -0.266. The summed E-state index contributed by atoms with van der Waals surface area (Å²) in [6.45, 7) is 4.24. The highest BCUT2D eigenvalue weighted by Gasteiger charge is 2.18. The van der Waals surface area contributed by atoms with Gasteiger partial charge in [-0.15, -0.1) is 0 Å². The van der Waals surface area contributed by atoms with Crippen LogP contribution in [0.5, 0.6) is 0 Å². The Bertz CT molecular complexity index is 1040. The number of furan rings is 2. The van der Waals surface area contributed by atoms with Crippen LogP contribution in [0.3, 0.4) is 0 Å². The standard InChI is InChI=1S/C21H20N2O3/c1-13-17-8-4-6-10-19(17)26-20(13)14(2)23-21(24)22-12-16-11-15-7-3-5-9-18(15)25-16/h3-11,14H,12H2,1-2H3,(H2,22,23,24). The SMILES string of the molecule is Cc1c(C(C)NC(=O)NCc2cc3ccccc3o2)oc2ccccc12. The Morgan fingerprint density at radius 2 is 1.77 bits per heavy atom. The molecule has 0 aliphatic rings. The zero-order chi connectivity index (χ0) is 18.1. The highest BCUT2D eigenvalue weighted by Crippen LogP contribution is 2.29. The summed E-state index contributed by atoms with van der Waals surface area (Å²) >= 11 is 0. The lowest BCUT2D eigenvalue weighted by Gasteiger charge is -2.13. The van der Waals surface area contributed by atoms with E-state index in [0.717, 1.165) is 33.3 Å². The predicted molar refractivity (Wildman–Crippen MR) is 101 cm³/mol. The van der Waals surface area contributed by atoms with Crippen LogP contribution in [0.1, 0.15) is 30.0 Å². The van der Waals surface area contributed by atoms with Crippen molar-refractivity contribution in [3.05, 3.63) is 71.7 Å². The molecule has 0 aliphatic heterocycles. The van der Waals surface area contributed by atoms with Gasteiger partial charge in [-0.05, 0) is 32.0 Å². The molecule has 2 aromatic heterocycles. The van der Waals surface area contributed by atoms with E-state index >= 15 is 0 Å². The number of benzene rings is 2. The second kappa shape index (κ2) is 6.59. The lowest BCUT2D eigenvalue weighted by molar-refractivity contribution is 0.235. The summed E-state index contributed by atoms with van der Waals surface area (Å²) in [5.74, 6) is 1.49. The van der Waals surface area contributed by atoms with Gasteiger partial charge in [-0.25, -0.2) is 4.79 Å². The number of hydrogen-bond donors (Lipinski definition) is 2. The van der Waals surface area contributed by atoms with Gasteiger partial charge >= 0.3 is 6.03 Å². The van der Waals surface area contributed by atoms with Crippen molar-refractivity contribution >= 4 is 28.0 Å². The summed E-state index contributed by atoms with van der Waals surface area (Å²) in [5, 5.41) is 7.84. The first-order valence-electron chi connectivity index (χ1n) is 8.61. The van der Waals surface area contributed by atoms with Gasteiger partial charge in [0.2, 0.25) is 0 Å². The van der Waals surface area contributed by atoms with Gasteiger partial charge in [0, 0.05) is 16.3 Å². The average Bonchev–Trinajstić information content (AvgIpc) is 3.21. The molecule has 1 unspecified atom stereocenters. The van der Waals surface area contributed by atoms with Crippen LogP contribution in [0, 0.1) is 6.92 Å². The van der Waals surface area contributed by atoms with Crippen molar-refractivity contribution in [3.63, 3.8) is 0 Å². The summed E-state index contributed by atoms with van der Waals surface area (Å²) in [6, 6.07) is 17.1. The van der Waals surface area contributed by atoms with Crippen molar-refractivity contribution < 1.29 is 13.6 Å². The molecule has 0 saturated carbocycles. The first-order valence-corrected chi connectivity index (χ1v) is 8.61. The summed E-state index contributed by atoms with van der Waals surface area (Å²) < 4.78 is 11.6. The molecule has 0 saturated heterocycles. The predicted octanol–water partition coefficient (Wildman–Crippen LogP) is 5.05. The van der Waals surface area contributed by atoms with Crippen molar-refractivity contribution in [2.75, 3.05) is 0 Å². The molecule has 5 heteroatoms. The maximum absolute atomic E-state index is 12.2. The third kappa shape index (κ3) is 3.04. The van der Waals surface area contributed by atoms with E-state index < -0.39 is 0 Å². The van der Waals surface area contributed by atoms with Gasteiger partial charge < -0.3 is 19.5 Å². The van der Waals surface area contributed by atoms with Crippen molar-refractivity contribution in [2.45, 2.75) is 26.4 Å². The molecule has 132 valence electrons. The lowest BCUT2D eigenvalue weighted by Crippen LogP contribution is -2.36. The molecule has 0 fully saturated rings. The molecule has 1 atom stereocenters. The molecular formula is C21H20N2O3. The minimum Gasteiger partial charge on any atom is -0.459 e. The maximum Gasteiger partial charge on any atom is 0.315 e. The third-order valence-corrected chi connectivity index (χ3v) is 4.52. The van der Waals surface area contributed by atoms with Crippen LogP contribution in [0.2, 0.25) is 0 Å². The van der Waals surface area contributed by atoms with E-state index in [1.807, 2.05) is 68.4 Å². The normalized spacial score (nSPS) is 12.4. The van der Waals surface area contributed by atoms with Crippen molar-refractivity contribution in [3.8, 4) is 0 Å². The van der Waals surface area contributed by atoms with Gasteiger partial charge in [-0.1, -0.05) is 36.4 Å². The zero-order valence-electron chi connectivity index (χ0n) is 14.7. The van der Waals surface area contributed by atoms with Gasteiger partial charge in [0.15, 0.2) is 0 Å². The molecule has 0 radical (unpaired) electrons. The van der Waals surface area contributed by atoms with E-state index in [1.54, 1.807) is 0 Å². The molecule has 2 amide bonds. The first-order chi connectivity index (χ1) is 12.6. The Morgan fingerprint density at radius 3 is 2.54 bits per heavy atom. The number of rotatable bonds is 4. The molecule has 2 N–H and O–H groups in total. The molecule has 0 spiro atoms. The van der Waals surface area contributed by atoms with Crippen LogP contribution in [0.15, 0.2) is 63.4 Å². The molecule has 2 aromatic carbocycles. The van der Waals surface area contributed by atoms with E-state index in [0.29, 0.717) is 12.3 Å². The lowest BCUT2D eigenvalue weighted by atomic mass is 10.1. The monoisotopic (exact) mass is 348 g/mol. The second-order valence-corrected chi connectivity index (χ2v) is 6.39. The number of urea groups is 1. The number of nitrogens with one attached hydrogen (secondary N) is 2. The van der Waals surface area contributed by atoms with E-state index in [4.69, 9.17) is 8.83 Å². The Kier molecular flexibility index (Phi) is 4.13. The van der Waals surface area contributed by atoms with Gasteiger partial charge in [-0.2, -0.15) is 0 Å². The van der Waals surface area contributed by atoms with Crippen molar-refractivity contribution in [1.82, 2.24) is 10.6 Å². The highest BCUT2D eigenvalue weighted by molar-refractivity contribution is 5.82. The quantitative estimate of drug-likeness (QED) is 0.542. The number of para-hydroxylation sites is 2. The van der Waals surface area contributed by atoms with E-state index in [9.17, 15) is 4.79 Å². The fourth-order valence-corrected chi connectivity index (χ4v) is 3.21. The van der Waals surface area contributed by atoms with Gasteiger partial charge in [0.25, 0.3) is 0 Å². The van der Waals surface area contributed by atoms with Gasteiger partial charge in [-0.3, -0.25) is 0 Å². The number of carbonyl (C=O) groups is 1. The number of aryl methyl sites for hydroxylation is 1. The Morgan fingerprint density at radius 1 is 1.04 bits per heavy atom. The average molecular weight is 348 g/mol. The molecule has 5 nitrogen and oxygen atoms in total. The van der Waals surface area contributed by atoms with Crippen LogP contribution in [-0.2, 0) is 6.54 Å². The van der Waals surface area contributed by atoms with Crippen molar-refractivity contribution in [2.24, 2.45) is 0 Å². The van der Waals surface area contributed by atoms with E-state index in [-0.39, 0.29) is 12.1 Å². The first kappa shape index (κ1) is 16.3. The highest BCUT2D eigenvalue weighted by atomic mass is 16.3. The summed E-state index contributed by atoms with van der Waals surface area (Å²) in [7, 11) is 0. The number of fused-ring (bicyclic) bond motifs is 2. The van der Waals surface area contributed by atoms with Crippen LogP contribution in [0.25, 0.3) is 21.9 Å². The van der Waals surface area contributed by atoms with Crippen LogP contribution in [0.4, 0.5) is 4.79 Å². The summed E-state index contributed by atoms with van der Waals surface area (Å²) in [5.41, 5.74) is 2.69. The fraction of sp³-hybridized carbons (Fsp3) is 0.190. The number of carbonyl (C=O) groups excluding carboxylic acids is 1. The number of hydrogen-bond acceptors (Lipinski definition) is 3. The van der Waals surface area contributed by atoms with E-state index in [2.05, 4.69) is 10.6 Å². The topological polar surface area (TPSA) is 67.4 Å². The molecule has 2 heterocycles. The molecule has 4 aromatic rings. The molecule has 26 heavy (non-hydrogen) atoms. The van der Waals surface area contributed by atoms with Crippen LogP contribution < -0.4 is 10.6 Å². The minimum absolute atomic E-state index is 0.238. The third-order valence-electron chi connectivity index (χ3n) is 4.52. The van der Waals surface area contributed by atoms with Gasteiger partial charge in [0.1, 0.15) is 22.7 Å². The second-order valence-electron chi connectivity index (χ2n) is 6.39. The van der Waals surface area contributed by atoms with E-state index in [1.165, 1.54) is 0 Å². The van der Waals surface area contributed by atoms with Crippen molar-refractivity contribution in [1.29, 1.82) is 0 Å². The van der Waals surface area contributed by atoms with Gasteiger partial charge in [0.05, 0.1) is 12.6 Å². The summed E-state index contributed by atoms with van der Waals surface area (Å²) in [6.07, 6.45) is 0. The summed E-state index contributed by atoms with van der Waals surface area (Å²) in [4.78, 5) is 12.2. The smallest absolute Gasteiger partial charge is 0.315 e. The maximum atomic E-state index is 12.2. The Hall–Kier alpha value is -3.21. The van der Waals surface area contributed by atoms with Crippen LogP contribution >= 0.6 is 0 Å². The Labute approximate surface area is 151 Å².